The maximum Gasteiger partial charge on any atom is 0.326 e. The van der Waals surface area contributed by atoms with Crippen molar-refractivity contribution in [2.24, 2.45) is 0 Å². The quantitative estimate of drug-likeness (QED) is 0.566. The summed E-state index contributed by atoms with van der Waals surface area (Å²) in [5.41, 5.74) is 2.06. The molecule has 9 heteroatoms. The first-order valence-electron chi connectivity index (χ1n) is 8.03. The van der Waals surface area contributed by atoms with Gasteiger partial charge < -0.3 is 19.2 Å². The molecule has 0 spiro atoms. The van der Waals surface area contributed by atoms with Crippen molar-refractivity contribution in [1.29, 1.82) is 0 Å². The largest absolute Gasteiger partial charge is 0.459 e. The van der Waals surface area contributed by atoms with Gasteiger partial charge in [-0.05, 0) is 37.3 Å². The van der Waals surface area contributed by atoms with Gasteiger partial charge in [0.1, 0.15) is 0 Å². The van der Waals surface area contributed by atoms with Crippen LogP contribution >= 0.6 is 0 Å². The van der Waals surface area contributed by atoms with Crippen LogP contribution in [-0.2, 0) is 13.1 Å². The summed E-state index contributed by atoms with van der Waals surface area (Å²) in [5, 5.41) is 6.56. The molecular formula is C17H15N5O4. The average molecular weight is 353 g/mol. The monoisotopic (exact) mass is 353 g/mol. The molecule has 0 aliphatic heterocycles. The van der Waals surface area contributed by atoms with Gasteiger partial charge in [0.25, 0.3) is 5.91 Å². The molecule has 9 nitrogen and oxygen atoms in total. The Morgan fingerprint density at radius 2 is 2.23 bits per heavy atom. The molecule has 1 amide bonds. The minimum Gasteiger partial charge on any atom is -0.459 e. The van der Waals surface area contributed by atoms with Crippen LogP contribution in [0.2, 0.25) is 0 Å². The molecule has 3 aromatic heterocycles. The highest BCUT2D eigenvalue weighted by Gasteiger charge is 2.14. The van der Waals surface area contributed by atoms with Crippen molar-refractivity contribution in [1.82, 2.24) is 25.0 Å². The minimum atomic E-state index is -0.366. The van der Waals surface area contributed by atoms with Crippen LogP contribution in [0.1, 0.15) is 23.4 Å². The van der Waals surface area contributed by atoms with Gasteiger partial charge in [-0.25, -0.2) is 4.79 Å². The zero-order valence-corrected chi connectivity index (χ0v) is 13.9. The molecule has 3 heterocycles. The topological polar surface area (TPSA) is 119 Å². The Labute approximate surface area is 146 Å². The molecule has 132 valence electrons. The van der Waals surface area contributed by atoms with Crippen LogP contribution in [0.25, 0.3) is 22.4 Å². The predicted molar refractivity (Wildman–Crippen MR) is 91.4 cm³/mol. The number of aromatic nitrogens is 4. The maximum atomic E-state index is 11.9. The molecule has 0 saturated carbocycles. The summed E-state index contributed by atoms with van der Waals surface area (Å²) in [5.74, 6) is 0.480. The molecule has 26 heavy (non-hydrogen) atoms. The van der Waals surface area contributed by atoms with Gasteiger partial charge in [0.05, 0.1) is 23.8 Å². The van der Waals surface area contributed by atoms with E-state index in [2.05, 4.69) is 20.4 Å². The molecule has 0 radical (unpaired) electrons. The molecule has 1 aromatic carbocycles. The molecule has 2 N–H and O–H groups in total. The molecular weight excluding hydrogens is 338 g/mol. The van der Waals surface area contributed by atoms with Crippen molar-refractivity contribution in [3.8, 4) is 11.4 Å². The van der Waals surface area contributed by atoms with Crippen molar-refractivity contribution in [3.05, 3.63) is 58.7 Å². The molecule has 4 rings (SSSR count). The first kappa shape index (κ1) is 15.9. The number of rotatable bonds is 5. The Morgan fingerprint density at radius 1 is 1.35 bits per heavy atom. The van der Waals surface area contributed by atoms with Crippen LogP contribution in [0.15, 0.2) is 50.3 Å². The maximum absolute atomic E-state index is 11.9. The van der Waals surface area contributed by atoms with E-state index in [1.165, 1.54) is 6.26 Å². The Kier molecular flexibility index (Phi) is 3.88. The van der Waals surface area contributed by atoms with E-state index in [0.717, 1.165) is 5.52 Å². The summed E-state index contributed by atoms with van der Waals surface area (Å²) in [7, 11) is 0. The van der Waals surface area contributed by atoms with E-state index in [1.54, 1.807) is 22.8 Å². The van der Waals surface area contributed by atoms with Gasteiger partial charge in [0, 0.05) is 12.1 Å². The Morgan fingerprint density at radius 3 is 3.00 bits per heavy atom. The predicted octanol–water partition coefficient (Wildman–Crippen LogP) is 1.92. The number of carbonyl (C=O) groups excluding carboxylic acids is 1. The second-order valence-electron chi connectivity index (χ2n) is 5.58. The first-order chi connectivity index (χ1) is 12.7. The number of hydrogen-bond acceptors (Lipinski definition) is 6. The number of aromatic amines is 1. The summed E-state index contributed by atoms with van der Waals surface area (Å²) in [6.45, 7) is 2.57. The molecule has 0 atom stereocenters. The lowest BCUT2D eigenvalue weighted by atomic mass is 10.2. The molecule has 0 aliphatic rings. The van der Waals surface area contributed by atoms with Gasteiger partial charge in [-0.2, -0.15) is 4.98 Å². The van der Waals surface area contributed by atoms with Crippen LogP contribution in [0.4, 0.5) is 0 Å². The summed E-state index contributed by atoms with van der Waals surface area (Å²) in [6, 6.07) is 8.64. The fourth-order valence-corrected chi connectivity index (χ4v) is 2.71. The molecule has 0 fully saturated rings. The van der Waals surface area contributed by atoms with Crippen molar-refractivity contribution in [2.75, 3.05) is 0 Å². The normalized spacial score (nSPS) is 11.1. The Balaban J connectivity index is 1.53. The minimum absolute atomic E-state index is 0.0812. The van der Waals surface area contributed by atoms with Gasteiger partial charge in [-0.15, -0.1) is 0 Å². The van der Waals surface area contributed by atoms with E-state index in [-0.39, 0.29) is 29.8 Å². The highest BCUT2D eigenvalue weighted by Crippen LogP contribution is 2.20. The number of aryl methyl sites for hydroxylation is 1. The third-order valence-electron chi connectivity index (χ3n) is 3.96. The van der Waals surface area contributed by atoms with E-state index < -0.39 is 0 Å². The number of hydrogen-bond donors (Lipinski definition) is 2. The van der Waals surface area contributed by atoms with E-state index in [4.69, 9.17) is 8.94 Å². The second kappa shape index (κ2) is 6.36. The van der Waals surface area contributed by atoms with E-state index in [1.807, 2.05) is 19.1 Å². The van der Waals surface area contributed by atoms with Crippen molar-refractivity contribution >= 4 is 16.9 Å². The van der Waals surface area contributed by atoms with Gasteiger partial charge in [-0.3, -0.25) is 9.36 Å². The molecule has 0 saturated heterocycles. The molecule has 0 unspecified atom stereocenters. The molecule has 0 bridgehead atoms. The SMILES string of the molecule is CCn1c(=O)[nH]c2cc(-c3noc(CNC(=O)c4ccco4)n3)ccc21. The third kappa shape index (κ3) is 2.79. The van der Waals surface area contributed by atoms with Crippen LogP contribution in [0.3, 0.4) is 0 Å². The number of fused-ring (bicyclic) bond motifs is 1. The summed E-state index contributed by atoms with van der Waals surface area (Å²) in [6.07, 6.45) is 1.42. The molecule has 0 aliphatic carbocycles. The van der Waals surface area contributed by atoms with Crippen LogP contribution in [0, 0.1) is 0 Å². The van der Waals surface area contributed by atoms with Crippen LogP contribution in [-0.4, -0.2) is 25.6 Å². The lowest BCUT2D eigenvalue weighted by molar-refractivity contribution is 0.0918. The van der Waals surface area contributed by atoms with Gasteiger partial charge in [0.15, 0.2) is 5.76 Å². The highest BCUT2D eigenvalue weighted by atomic mass is 16.5. The zero-order valence-electron chi connectivity index (χ0n) is 13.9. The number of nitrogens with one attached hydrogen (secondary N) is 2. The third-order valence-corrected chi connectivity index (χ3v) is 3.96. The van der Waals surface area contributed by atoms with Gasteiger partial charge in [0.2, 0.25) is 11.7 Å². The van der Waals surface area contributed by atoms with Crippen molar-refractivity contribution < 1.29 is 13.7 Å². The fraction of sp³-hybridized carbons (Fsp3) is 0.176. The van der Waals surface area contributed by atoms with Crippen LogP contribution < -0.4 is 11.0 Å². The number of carbonyl (C=O) groups is 1. The van der Waals surface area contributed by atoms with Gasteiger partial charge >= 0.3 is 5.69 Å². The van der Waals surface area contributed by atoms with Crippen molar-refractivity contribution in [3.63, 3.8) is 0 Å². The second-order valence-corrected chi connectivity index (χ2v) is 5.58. The van der Waals surface area contributed by atoms with Gasteiger partial charge in [-0.1, -0.05) is 5.16 Å². The lowest BCUT2D eigenvalue weighted by Gasteiger charge is -1.99. The highest BCUT2D eigenvalue weighted by molar-refractivity contribution is 5.91. The number of furan rings is 1. The Hall–Kier alpha value is -3.62. The zero-order chi connectivity index (χ0) is 18.1. The summed E-state index contributed by atoms with van der Waals surface area (Å²) >= 11 is 0. The van der Waals surface area contributed by atoms with Crippen LogP contribution in [0.5, 0.6) is 0 Å². The Bertz CT molecular complexity index is 1120. The lowest BCUT2D eigenvalue weighted by Crippen LogP contribution is -2.22. The fourth-order valence-electron chi connectivity index (χ4n) is 2.71. The number of benzene rings is 1. The first-order valence-corrected chi connectivity index (χ1v) is 8.03. The number of amides is 1. The summed E-state index contributed by atoms with van der Waals surface area (Å²) in [4.78, 5) is 30.8. The number of H-pyrrole nitrogens is 1. The number of nitrogens with zero attached hydrogens (tertiary/aromatic N) is 3. The average Bonchev–Trinajstić information content (AvgIpc) is 3.38. The van der Waals surface area contributed by atoms with Crippen molar-refractivity contribution in [2.45, 2.75) is 20.0 Å². The smallest absolute Gasteiger partial charge is 0.326 e. The summed E-state index contributed by atoms with van der Waals surface area (Å²) < 4.78 is 11.8. The standard InChI is InChI=1S/C17H15N5O4/c1-2-22-12-6-5-10(8-11(12)19-17(22)24)15-20-14(26-21-15)9-18-16(23)13-4-3-7-25-13/h3-8H,2,9H2,1H3,(H,18,23)(H,19,24). The van der Waals surface area contributed by atoms with E-state index in [9.17, 15) is 9.59 Å². The number of imidazole rings is 1. The molecule has 4 aromatic rings. The van der Waals surface area contributed by atoms with E-state index >= 15 is 0 Å². The van der Waals surface area contributed by atoms with E-state index in [0.29, 0.717) is 23.4 Å².